The summed E-state index contributed by atoms with van der Waals surface area (Å²) in [5.74, 6) is -4.15. The molecule has 3 rings (SSSR count). The van der Waals surface area contributed by atoms with Crippen molar-refractivity contribution < 1.29 is 22.7 Å². The molecule has 0 saturated carbocycles. The van der Waals surface area contributed by atoms with Gasteiger partial charge in [-0.15, -0.1) is 0 Å². The molecule has 0 fully saturated rings. The fraction of sp³-hybridized carbons (Fsp3) is 0.111. The zero-order valence-electron chi connectivity index (χ0n) is 13.6. The van der Waals surface area contributed by atoms with Crippen LogP contribution in [0.5, 0.6) is 5.75 Å². The SMILES string of the molecule is CC1C=C(c2cc(F)c(F)cc2F)c2cc(C(=O)N=C(N)N)ccc2O1. The number of rotatable bonds is 2. The van der Waals surface area contributed by atoms with Crippen molar-refractivity contribution in [1.29, 1.82) is 0 Å². The van der Waals surface area contributed by atoms with Crippen molar-refractivity contribution in [2.45, 2.75) is 13.0 Å². The monoisotopic (exact) mass is 361 g/mol. The van der Waals surface area contributed by atoms with Crippen LogP contribution >= 0.6 is 0 Å². The van der Waals surface area contributed by atoms with Crippen molar-refractivity contribution in [3.05, 3.63) is 70.5 Å². The smallest absolute Gasteiger partial charge is 0.280 e. The summed E-state index contributed by atoms with van der Waals surface area (Å²) in [7, 11) is 0. The molecule has 0 radical (unpaired) electrons. The van der Waals surface area contributed by atoms with E-state index in [1.807, 2.05) is 0 Å². The highest BCUT2D eigenvalue weighted by Crippen LogP contribution is 2.38. The number of hydrogen-bond donors (Lipinski definition) is 2. The fourth-order valence-corrected chi connectivity index (χ4v) is 2.68. The minimum Gasteiger partial charge on any atom is -0.486 e. The maximum atomic E-state index is 14.3. The van der Waals surface area contributed by atoms with Gasteiger partial charge in [0.15, 0.2) is 17.6 Å². The molecule has 1 atom stereocenters. The molecule has 0 aliphatic carbocycles. The Bertz CT molecular complexity index is 966. The average molecular weight is 361 g/mol. The van der Waals surface area contributed by atoms with E-state index in [0.29, 0.717) is 17.4 Å². The van der Waals surface area contributed by atoms with Gasteiger partial charge in [0, 0.05) is 22.8 Å². The van der Waals surface area contributed by atoms with Crippen LogP contribution in [0.1, 0.15) is 28.4 Å². The van der Waals surface area contributed by atoms with Gasteiger partial charge >= 0.3 is 0 Å². The predicted octanol–water partition coefficient (Wildman–Crippen LogP) is 2.73. The van der Waals surface area contributed by atoms with Gasteiger partial charge in [-0.3, -0.25) is 4.79 Å². The summed E-state index contributed by atoms with van der Waals surface area (Å²) >= 11 is 0. The van der Waals surface area contributed by atoms with Crippen LogP contribution in [0.4, 0.5) is 13.2 Å². The summed E-state index contributed by atoms with van der Waals surface area (Å²) < 4.78 is 46.8. The van der Waals surface area contributed by atoms with Gasteiger partial charge in [0.25, 0.3) is 5.91 Å². The van der Waals surface area contributed by atoms with Crippen LogP contribution in [-0.4, -0.2) is 18.0 Å². The highest BCUT2D eigenvalue weighted by atomic mass is 19.2. The summed E-state index contributed by atoms with van der Waals surface area (Å²) in [6.45, 7) is 1.71. The van der Waals surface area contributed by atoms with Gasteiger partial charge in [0.1, 0.15) is 17.7 Å². The zero-order chi connectivity index (χ0) is 19.0. The molecule has 1 aliphatic heterocycles. The van der Waals surface area contributed by atoms with E-state index >= 15 is 0 Å². The molecule has 26 heavy (non-hydrogen) atoms. The first-order valence-electron chi connectivity index (χ1n) is 7.58. The van der Waals surface area contributed by atoms with Gasteiger partial charge < -0.3 is 16.2 Å². The average Bonchev–Trinajstić information content (AvgIpc) is 2.56. The van der Waals surface area contributed by atoms with Crippen molar-refractivity contribution >= 4 is 17.4 Å². The number of aliphatic imine (C=N–C) groups is 1. The van der Waals surface area contributed by atoms with Crippen LogP contribution in [0.15, 0.2) is 41.4 Å². The number of hydrogen-bond acceptors (Lipinski definition) is 2. The Morgan fingerprint density at radius 1 is 1.04 bits per heavy atom. The zero-order valence-corrected chi connectivity index (χ0v) is 13.6. The lowest BCUT2D eigenvalue weighted by molar-refractivity contribution is 0.100. The number of amides is 1. The number of halogens is 3. The number of benzene rings is 2. The number of nitrogens with zero attached hydrogens (tertiary/aromatic N) is 1. The van der Waals surface area contributed by atoms with Gasteiger partial charge in [-0.05, 0) is 42.8 Å². The van der Waals surface area contributed by atoms with E-state index in [4.69, 9.17) is 16.2 Å². The molecule has 1 aliphatic rings. The third kappa shape index (κ3) is 3.26. The van der Waals surface area contributed by atoms with Gasteiger partial charge in [-0.25, -0.2) is 13.2 Å². The molecule has 134 valence electrons. The molecule has 1 amide bonds. The Morgan fingerprint density at radius 3 is 2.42 bits per heavy atom. The molecule has 2 aromatic rings. The lowest BCUT2D eigenvalue weighted by Gasteiger charge is -2.24. The molecule has 2 aromatic carbocycles. The second kappa shape index (κ2) is 6.55. The molecular formula is C18H14F3N3O2. The molecule has 0 spiro atoms. The van der Waals surface area contributed by atoms with Gasteiger partial charge in [0.2, 0.25) is 0 Å². The largest absolute Gasteiger partial charge is 0.486 e. The molecule has 1 heterocycles. The summed E-state index contributed by atoms with van der Waals surface area (Å²) in [6, 6.07) is 5.60. The van der Waals surface area contributed by atoms with Crippen LogP contribution in [0, 0.1) is 17.5 Å². The maximum absolute atomic E-state index is 14.3. The molecule has 8 heteroatoms. The molecule has 0 saturated heterocycles. The lowest BCUT2D eigenvalue weighted by Crippen LogP contribution is -2.24. The summed E-state index contributed by atoms with van der Waals surface area (Å²) in [4.78, 5) is 15.5. The lowest BCUT2D eigenvalue weighted by atomic mass is 9.92. The summed E-state index contributed by atoms with van der Waals surface area (Å²) in [5, 5.41) is 0. The third-order valence-corrected chi connectivity index (χ3v) is 3.76. The van der Waals surface area contributed by atoms with Crippen LogP contribution in [0.25, 0.3) is 5.57 Å². The van der Waals surface area contributed by atoms with E-state index in [1.54, 1.807) is 13.0 Å². The Kier molecular flexibility index (Phi) is 4.41. The first-order chi connectivity index (χ1) is 12.3. The normalized spacial score (nSPS) is 15.5. The van der Waals surface area contributed by atoms with Crippen LogP contribution in [0.2, 0.25) is 0 Å². The molecule has 0 aromatic heterocycles. The number of ether oxygens (including phenoxy) is 1. The van der Waals surface area contributed by atoms with Crippen molar-refractivity contribution in [3.63, 3.8) is 0 Å². The second-order valence-corrected chi connectivity index (χ2v) is 5.70. The topological polar surface area (TPSA) is 90.7 Å². The number of nitrogens with two attached hydrogens (primary N) is 2. The number of fused-ring (bicyclic) bond motifs is 1. The Labute approximate surface area is 146 Å². The summed E-state index contributed by atoms with van der Waals surface area (Å²) in [5.41, 5.74) is 11.0. The molecule has 5 nitrogen and oxygen atoms in total. The Morgan fingerprint density at radius 2 is 1.73 bits per heavy atom. The number of carbonyl (C=O) groups is 1. The third-order valence-electron chi connectivity index (χ3n) is 3.76. The Hall–Kier alpha value is -3.29. The minimum absolute atomic E-state index is 0.129. The first-order valence-corrected chi connectivity index (χ1v) is 7.58. The van der Waals surface area contributed by atoms with Gasteiger partial charge in [0.05, 0.1) is 0 Å². The van der Waals surface area contributed by atoms with Crippen molar-refractivity contribution in [1.82, 2.24) is 0 Å². The highest BCUT2D eigenvalue weighted by Gasteiger charge is 2.24. The van der Waals surface area contributed by atoms with Crippen LogP contribution in [-0.2, 0) is 0 Å². The van der Waals surface area contributed by atoms with E-state index < -0.39 is 35.4 Å². The maximum Gasteiger partial charge on any atom is 0.280 e. The summed E-state index contributed by atoms with van der Waals surface area (Å²) in [6.07, 6.45) is 1.11. The fourth-order valence-electron chi connectivity index (χ4n) is 2.68. The highest BCUT2D eigenvalue weighted by molar-refractivity contribution is 6.03. The molecule has 1 unspecified atom stereocenters. The van der Waals surface area contributed by atoms with E-state index in [-0.39, 0.29) is 16.7 Å². The standard InChI is InChI=1S/C18H14F3N3O2/c1-8-4-10(11-6-14(20)15(21)7-13(11)19)12-5-9(2-3-16(12)26-8)17(25)24-18(22)23/h2-8H,1H3,(H4,22,23,24,25). The predicted molar refractivity (Wildman–Crippen MR) is 90.1 cm³/mol. The first kappa shape index (κ1) is 17.5. The van der Waals surface area contributed by atoms with E-state index in [1.165, 1.54) is 18.2 Å². The van der Waals surface area contributed by atoms with Gasteiger partial charge in [-0.2, -0.15) is 4.99 Å². The van der Waals surface area contributed by atoms with Crippen LogP contribution in [0.3, 0.4) is 0 Å². The molecule has 4 N–H and O–H groups in total. The Balaban J connectivity index is 2.16. The van der Waals surface area contributed by atoms with Crippen molar-refractivity contribution in [2.24, 2.45) is 16.5 Å². The molecular weight excluding hydrogens is 347 g/mol. The van der Waals surface area contributed by atoms with Crippen LogP contribution < -0.4 is 16.2 Å². The van der Waals surface area contributed by atoms with Crippen molar-refractivity contribution in [3.8, 4) is 5.75 Å². The second-order valence-electron chi connectivity index (χ2n) is 5.70. The number of guanidine groups is 1. The van der Waals surface area contributed by atoms with E-state index in [9.17, 15) is 18.0 Å². The van der Waals surface area contributed by atoms with E-state index in [0.717, 1.165) is 6.07 Å². The minimum atomic E-state index is -1.29. The molecule has 0 bridgehead atoms. The van der Waals surface area contributed by atoms with E-state index in [2.05, 4.69) is 4.99 Å². The quantitative estimate of drug-likeness (QED) is 0.489. The number of carbonyl (C=O) groups excluding carboxylic acids is 1. The van der Waals surface area contributed by atoms with Crippen molar-refractivity contribution in [2.75, 3.05) is 0 Å². The van der Waals surface area contributed by atoms with Gasteiger partial charge in [-0.1, -0.05) is 0 Å².